The number of hydrogen-bond acceptors (Lipinski definition) is 4. The topological polar surface area (TPSA) is 66.6 Å². The number of nitrogens with zero attached hydrogens (tertiary/aromatic N) is 2. The molecule has 18 heavy (non-hydrogen) atoms. The predicted molar refractivity (Wildman–Crippen MR) is 64.1 cm³/mol. The molecule has 2 fully saturated rings. The zero-order valence-electron chi connectivity index (χ0n) is 10.7. The van der Waals surface area contributed by atoms with Gasteiger partial charge >= 0.3 is 0 Å². The first-order valence-corrected chi connectivity index (χ1v) is 6.48. The van der Waals surface area contributed by atoms with E-state index in [-0.39, 0.29) is 17.9 Å². The van der Waals surface area contributed by atoms with Crippen LogP contribution >= 0.6 is 0 Å². The number of likely N-dealkylation sites (tertiary alicyclic amines) is 1. The molecule has 1 aliphatic carbocycles. The maximum absolute atomic E-state index is 12.4. The van der Waals surface area contributed by atoms with E-state index in [0.717, 1.165) is 19.4 Å². The number of aliphatic hydroxyl groups excluding tert-OH is 1. The van der Waals surface area contributed by atoms with Crippen molar-refractivity contribution in [3.63, 3.8) is 0 Å². The molecule has 5 nitrogen and oxygen atoms in total. The first kappa shape index (κ1) is 11.7. The van der Waals surface area contributed by atoms with Crippen LogP contribution in [0, 0.1) is 25.7 Å². The molecule has 2 heterocycles. The van der Waals surface area contributed by atoms with Crippen LogP contribution in [0.1, 0.15) is 34.7 Å². The molecule has 0 radical (unpaired) electrons. The molecule has 1 saturated heterocycles. The lowest BCUT2D eigenvalue weighted by Gasteiger charge is -2.18. The third kappa shape index (κ3) is 1.65. The second kappa shape index (κ2) is 4.09. The molecule has 1 aromatic heterocycles. The number of fused-ring (bicyclic) bond motifs is 1. The van der Waals surface area contributed by atoms with Crippen molar-refractivity contribution in [2.24, 2.45) is 11.8 Å². The lowest BCUT2D eigenvalue weighted by molar-refractivity contribution is 0.0750. The molecular formula is C13H18N2O3. The maximum Gasteiger partial charge on any atom is 0.259 e. The number of aromatic nitrogens is 1. The zero-order valence-corrected chi connectivity index (χ0v) is 10.7. The van der Waals surface area contributed by atoms with E-state index in [1.807, 2.05) is 4.90 Å². The summed E-state index contributed by atoms with van der Waals surface area (Å²) in [6.45, 7) is 4.97. The van der Waals surface area contributed by atoms with Crippen LogP contribution in [-0.2, 0) is 0 Å². The highest BCUT2D eigenvalue weighted by atomic mass is 16.5. The van der Waals surface area contributed by atoms with Crippen molar-refractivity contribution in [2.75, 3.05) is 13.1 Å². The number of hydrogen-bond donors (Lipinski definition) is 1. The van der Waals surface area contributed by atoms with E-state index in [9.17, 15) is 9.90 Å². The number of aliphatic hydroxyl groups is 1. The molecule has 0 aromatic carbocycles. The molecule has 1 amide bonds. The summed E-state index contributed by atoms with van der Waals surface area (Å²) in [5.74, 6) is 1.29. The number of amides is 1. The van der Waals surface area contributed by atoms with Crippen molar-refractivity contribution >= 4 is 5.91 Å². The van der Waals surface area contributed by atoms with Gasteiger partial charge in [-0.1, -0.05) is 5.16 Å². The van der Waals surface area contributed by atoms with Gasteiger partial charge in [-0.15, -0.1) is 0 Å². The van der Waals surface area contributed by atoms with E-state index >= 15 is 0 Å². The monoisotopic (exact) mass is 250 g/mol. The van der Waals surface area contributed by atoms with Crippen LogP contribution in [0.3, 0.4) is 0 Å². The summed E-state index contributed by atoms with van der Waals surface area (Å²) in [7, 11) is 0. The summed E-state index contributed by atoms with van der Waals surface area (Å²) >= 11 is 0. The Balaban J connectivity index is 1.80. The van der Waals surface area contributed by atoms with Gasteiger partial charge in [-0.05, 0) is 32.6 Å². The van der Waals surface area contributed by atoms with Gasteiger partial charge in [0.05, 0.1) is 11.8 Å². The second-order valence-electron chi connectivity index (χ2n) is 5.48. The van der Waals surface area contributed by atoms with Gasteiger partial charge in [-0.3, -0.25) is 4.79 Å². The maximum atomic E-state index is 12.4. The Morgan fingerprint density at radius 3 is 2.78 bits per heavy atom. The van der Waals surface area contributed by atoms with E-state index in [1.165, 1.54) is 0 Å². The van der Waals surface area contributed by atoms with E-state index in [2.05, 4.69) is 5.16 Å². The van der Waals surface area contributed by atoms with Gasteiger partial charge in [-0.25, -0.2) is 0 Å². The number of carbonyl (C=O) groups excluding carboxylic acids is 1. The van der Waals surface area contributed by atoms with Gasteiger partial charge in [0.1, 0.15) is 11.3 Å². The molecule has 1 saturated carbocycles. The summed E-state index contributed by atoms with van der Waals surface area (Å²) < 4.78 is 5.04. The van der Waals surface area contributed by atoms with Crippen molar-refractivity contribution in [3.8, 4) is 0 Å². The van der Waals surface area contributed by atoms with Gasteiger partial charge < -0.3 is 14.5 Å². The van der Waals surface area contributed by atoms with Crippen molar-refractivity contribution in [3.05, 3.63) is 17.0 Å². The Labute approximate surface area is 106 Å². The quantitative estimate of drug-likeness (QED) is 0.811. The van der Waals surface area contributed by atoms with Crippen molar-refractivity contribution in [1.29, 1.82) is 0 Å². The summed E-state index contributed by atoms with van der Waals surface area (Å²) in [5.41, 5.74) is 1.24. The van der Waals surface area contributed by atoms with E-state index in [4.69, 9.17) is 4.52 Å². The Hall–Kier alpha value is -1.36. The lowest BCUT2D eigenvalue weighted by Crippen LogP contribution is -2.31. The minimum Gasteiger partial charge on any atom is -0.393 e. The number of carbonyl (C=O) groups is 1. The van der Waals surface area contributed by atoms with Crippen LogP contribution in [0.15, 0.2) is 4.52 Å². The van der Waals surface area contributed by atoms with E-state index in [0.29, 0.717) is 29.5 Å². The fourth-order valence-electron chi connectivity index (χ4n) is 3.35. The number of rotatable bonds is 1. The van der Waals surface area contributed by atoms with Crippen molar-refractivity contribution in [2.45, 2.75) is 32.8 Å². The van der Waals surface area contributed by atoms with E-state index in [1.54, 1.807) is 13.8 Å². The van der Waals surface area contributed by atoms with Gasteiger partial charge in [0, 0.05) is 19.0 Å². The van der Waals surface area contributed by atoms with Crippen LogP contribution in [0.4, 0.5) is 0 Å². The molecular weight excluding hydrogens is 232 g/mol. The average Bonchev–Trinajstić information content (AvgIpc) is 2.97. The fraction of sp³-hybridized carbons (Fsp3) is 0.692. The van der Waals surface area contributed by atoms with E-state index < -0.39 is 0 Å². The molecule has 3 unspecified atom stereocenters. The molecule has 2 aliphatic rings. The average molecular weight is 250 g/mol. The SMILES string of the molecule is Cc1noc(C)c1C(=O)N1CC2CCC(O)C2C1. The fourth-order valence-corrected chi connectivity index (χ4v) is 3.35. The summed E-state index contributed by atoms with van der Waals surface area (Å²) in [5, 5.41) is 13.7. The molecule has 0 spiro atoms. The Bertz CT molecular complexity index is 463. The van der Waals surface area contributed by atoms with Gasteiger partial charge in [0.2, 0.25) is 0 Å². The standard InChI is InChI=1S/C13H18N2O3/c1-7-12(8(2)18-14-7)13(17)15-5-9-3-4-11(16)10(9)6-15/h9-11,16H,3-6H2,1-2H3. The third-order valence-corrected chi connectivity index (χ3v) is 4.35. The van der Waals surface area contributed by atoms with Crippen LogP contribution in [0.2, 0.25) is 0 Å². The lowest BCUT2D eigenvalue weighted by atomic mass is 10.00. The number of aryl methyl sites for hydroxylation is 2. The molecule has 1 aliphatic heterocycles. The largest absolute Gasteiger partial charge is 0.393 e. The first-order valence-electron chi connectivity index (χ1n) is 6.48. The molecule has 5 heteroatoms. The molecule has 3 atom stereocenters. The second-order valence-corrected chi connectivity index (χ2v) is 5.48. The summed E-state index contributed by atoms with van der Waals surface area (Å²) in [6, 6.07) is 0. The molecule has 1 N–H and O–H groups in total. The highest BCUT2D eigenvalue weighted by molar-refractivity contribution is 5.96. The molecule has 3 rings (SSSR count). The van der Waals surface area contributed by atoms with Crippen LogP contribution in [-0.4, -0.2) is 40.3 Å². The minimum absolute atomic E-state index is 0.00662. The smallest absolute Gasteiger partial charge is 0.259 e. The normalized spacial score (nSPS) is 30.8. The van der Waals surface area contributed by atoms with Gasteiger partial charge in [-0.2, -0.15) is 0 Å². The molecule has 1 aromatic rings. The van der Waals surface area contributed by atoms with Crippen LogP contribution in [0.5, 0.6) is 0 Å². The molecule has 0 bridgehead atoms. The Kier molecular flexibility index (Phi) is 2.66. The zero-order chi connectivity index (χ0) is 12.9. The Morgan fingerprint density at radius 1 is 1.39 bits per heavy atom. The van der Waals surface area contributed by atoms with Gasteiger partial charge in [0.25, 0.3) is 5.91 Å². The highest BCUT2D eigenvalue weighted by Gasteiger charge is 2.44. The van der Waals surface area contributed by atoms with Gasteiger partial charge in [0.15, 0.2) is 0 Å². The predicted octanol–water partition coefficient (Wildman–Crippen LogP) is 1.13. The van der Waals surface area contributed by atoms with Crippen LogP contribution < -0.4 is 0 Å². The first-order chi connectivity index (χ1) is 8.58. The van der Waals surface area contributed by atoms with Crippen LogP contribution in [0.25, 0.3) is 0 Å². The van der Waals surface area contributed by atoms with Crippen molar-refractivity contribution < 1.29 is 14.4 Å². The third-order valence-electron chi connectivity index (χ3n) is 4.35. The summed E-state index contributed by atoms with van der Waals surface area (Å²) in [4.78, 5) is 14.3. The minimum atomic E-state index is -0.238. The molecule has 98 valence electrons. The Morgan fingerprint density at radius 2 is 2.17 bits per heavy atom. The van der Waals surface area contributed by atoms with Crippen molar-refractivity contribution in [1.82, 2.24) is 10.1 Å². The summed E-state index contributed by atoms with van der Waals surface area (Å²) in [6.07, 6.45) is 1.66. The highest BCUT2D eigenvalue weighted by Crippen LogP contribution is 2.38.